The van der Waals surface area contributed by atoms with E-state index >= 15 is 0 Å². The van der Waals surface area contributed by atoms with Gasteiger partial charge in [-0.25, -0.2) is 4.68 Å². The third-order valence-electron chi connectivity index (χ3n) is 4.29. The second-order valence-corrected chi connectivity index (χ2v) is 6.26. The van der Waals surface area contributed by atoms with Crippen molar-refractivity contribution in [3.8, 4) is 22.8 Å². The summed E-state index contributed by atoms with van der Waals surface area (Å²) in [6, 6.07) is 17.9. The normalized spacial score (nSPS) is 10.4. The first-order valence-electron chi connectivity index (χ1n) is 9.30. The van der Waals surface area contributed by atoms with Crippen molar-refractivity contribution in [2.24, 2.45) is 0 Å². The molecule has 0 spiro atoms. The van der Waals surface area contributed by atoms with Crippen molar-refractivity contribution in [1.29, 1.82) is 0 Å². The number of nitrogens with one attached hydrogen (secondary N) is 1. The Labute approximate surface area is 168 Å². The van der Waals surface area contributed by atoms with Crippen LogP contribution in [0.3, 0.4) is 0 Å². The molecule has 7 nitrogen and oxygen atoms in total. The molecule has 0 bridgehead atoms. The summed E-state index contributed by atoms with van der Waals surface area (Å²) in [6.45, 7) is 2.64. The van der Waals surface area contributed by atoms with Crippen molar-refractivity contribution < 1.29 is 14.3 Å². The number of carbonyl (C=O) groups excluding carboxylic acids is 1. The van der Waals surface area contributed by atoms with Crippen LogP contribution in [0.1, 0.15) is 12.5 Å². The van der Waals surface area contributed by atoms with Crippen molar-refractivity contribution in [3.05, 3.63) is 76.6 Å². The molecule has 1 aromatic heterocycles. The number of hydrogen-bond donors (Lipinski definition) is 1. The molecule has 0 radical (unpaired) electrons. The van der Waals surface area contributed by atoms with Crippen LogP contribution in [-0.4, -0.2) is 29.4 Å². The number of para-hydroxylation sites is 1. The SMILES string of the molecule is CCOc1ccc(-c2ccc(=O)n(CC(=O)NCc3ccccc3OC)n2)cc1. The summed E-state index contributed by atoms with van der Waals surface area (Å²) in [7, 11) is 1.58. The Kier molecular flexibility index (Phi) is 6.63. The van der Waals surface area contributed by atoms with E-state index in [0.29, 0.717) is 24.6 Å². The first-order valence-corrected chi connectivity index (χ1v) is 9.30. The van der Waals surface area contributed by atoms with Gasteiger partial charge >= 0.3 is 0 Å². The largest absolute Gasteiger partial charge is 0.496 e. The predicted molar refractivity (Wildman–Crippen MR) is 110 cm³/mol. The number of hydrogen-bond acceptors (Lipinski definition) is 5. The topological polar surface area (TPSA) is 82.5 Å². The van der Waals surface area contributed by atoms with Gasteiger partial charge in [-0.05, 0) is 43.3 Å². The molecular weight excluding hydrogens is 370 g/mol. The highest BCUT2D eigenvalue weighted by atomic mass is 16.5. The minimum Gasteiger partial charge on any atom is -0.496 e. The summed E-state index contributed by atoms with van der Waals surface area (Å²) in [4.78, 5) is 24.5. The molecule has 150 valence electrons. The summed E-state index contributed by atoms with van der Waals surface area (Å²) in [6.07, 6.45) is 0. The number of nitrogens with zero attached hydrogens (tertiary/aromatic N) is 2. The highest BCUT2D eigenvalue weighted by molar-refractivity contribution is 5.75. The highest BCUT2D eigenvalue weighted by Gasteiger charge is 2.09. The van der Waals surface area contributed by atoms with Crippen LogP contribution >= 0.6 is 0 Å². The van der Waals surface area contributed by atoms with Gasteiger partial charge in [0.2, 0.25) is 5.91 Å². The lowest BCUT2D eigenvalue weighted by Gasteiger charge is -2.11. The van der Waals surface area contributed by atoms with E-state index in [-0.39, 0.29) is 18.0 Å². The fourth-order valence-corrected chi connectivity index (χ4v) is 2.84. The van der Waals surface area contributed by atoms with Crippen molar-refractivity contribution >= 4 is 5.91 Å². The molecule has 1 heterocycles. The fourth-order valence-electron chi connectivity index (χ4n) is 2.84. The van der Waals surface area contributed by atoms with Gasteiger partial charge in [-0.2, -0.15) is 5.10 Å². The Morgan fingerprint density at radius 2 is 1.83 bits per heavy atom. The average Bonchev–Trinajstić information content (AvgIpc) is 2.75. The van der Waals surface area contributed by atoms with E-state index in [2.05, 4.69) is 10.4 Å². The van der Waals surface area contributed by atoms with E-state index < -0.39 is 0 Å². The van der Waals surface area contributed by atoms with Crippen LogP contribution in [0.15, 0.2) is 65.5 Å². The molecule has 1 amide bonds. The number of rotatable bonds is 8. The van der Waals surface area contributed by atoms with Gasteiger partial charge in [0.25, 0.3) is 5.56 Å². The van der Waals surface area contributed by atoms with Gasteiger partial charge in [0.1, 0.15) is 18.0 Å². The maximum atomic E-state index is 12.3. The monoisotopic (exact) mass is 393 g/mol. The number of methoxy groups -OCH3 is 1. The number of carbonyl (C=O) groups is 1. The van der Waals surface area contributed by atoms with Crippen LogP contribution in [0.2, 0.25) is 0 Å². The summed E-state index contributed by atoms with van der Waals surface area (Å²) in [5, 5.41) is 7.12. The quantitative estimate of drug-likeness (QED) is 0.636. The molecule has 3 rings (SSSR count). The zero-order valence-electron chi connectivity index (χ0n) is 16.4. The Balaban J connectivity index is 1.69. The maximum absolute atomic E-state index is 12.3. The van der Waals surface area contributed by atoms with E-state index in [1.54, 1.807) is 13.2 Å². The summed E-state index contributed by atoms with van der Waals surface area (Å²) in [5.41, 5.74) is 1.95. The van der Waals surface area contributed by atoms with E-state index in [1.807, 2.05) is 55.5 Å². The van der Waals surface area contributed by atoms with E-state index in [9.17, 15) is 9.59 Å². The lowest BCUT2D eigenvalue weighted by atomic mass is 10.1. The maximum Gasteiger partial charge on any atom is 0.267 e. The second kappa shape index (κ2) is 9.54. The smallest absolute Gasteiger partial charge is 0.267 e. The van der Waals surface area contributed by atoms with E-state index in [4.69, 9.17) is 9.47 Å². The van der Waals surface area contributed by atoms with Gasteiger partial charge in [0, 0.05) is 23.7 Å². The van der Waals surface area contributed by atoms with Crippen LogP contribution in [0.25, 0.3) is 11.3 Å². The molecular formula is C22H23N3O4. The molecule has 0 aliphatic rings. The summed E-state index contributed by atoms with van der Waals surface area (Å²) in [5.74, 6) is 1.15. The Bertz CT molecular complexity index is 1030. The average molecular weight is 393 g/mol. The van der Waals surface area contributed by atoms with Gasteiger partial charge in [0.15, 0.2) is 0 Å². The first kappa shape index (κ1) is 20.1. The van der Waals surface area contributed by atoms with Crippen LogP contribution in [0.4, 0.5) is 0 Å². The van der Waals surface area contributed by atoms with Crippen LogP contribution < -0.4 is 20.3 Å². The Morgan fingerprint density at radius 3 is 2.55 bits per heavy atom. The Morgan fingerprint density at radius 1 is 1.07 bits per heavy atom. The number of benzene rings is 2. The molecule has 2 aromatic carbocycles. The molecule has 0 aliphatic heterocycles. The first-order chi connectivity index (χ1) is 14.1. The highest BCUT2D eigenvalue weighted by Crippen LogP contribution is 2.20. The molecule has 7 heteroatoms. The zero-order valence-corrected chi connectivity index (χ0v) is 16.4. The van der Waals surface area contributed by atoms with Crippen molar-refractivity contribution in [3.63, 3.8) is 0 Å². The second-order valence-electron chi connectivity index (χ2n) is 6.26. The van der Waals surface area contributed by atoms with Gasteiger partial charge < -0.3 is 14.8 Å². The number of amides is 1. The molecule has 1 N–H and O–H groups in total. The predicted octanol–water partition coefficient (Wildman–Crippen LogP) is 2.63. The molecule has 0 aliphatic carbocycles. The van der Waals surface area contributed by atoms with Gasteiger partial charge in [-0.3, -0.25) is 9.59 Å². The standard InChI is InChI=1S/C22H23N3O4/c1-3-29-18-10-8-16(9-11-18)19-12-13-22(27)25(24-19)15-21(26)23-14-17-6-4-5-7-20(17)28-2/h4-13H,3,14-15H2,1-2H3,(H,23,26). The zero-order chi connectivity index (χ0) is 20.6. The lowest BCUT2D eigenvalue weighted by molar-refractivity contribution is -0.122. The molecule has 0 atom stereocenters. The number of ether oxygens (including phenoxy) is 2. The molecule has 29 heavy (non-hydrogen) atoms. The summed E-state index contributed by atoms with van der Waals surface area (Å²) >= 11 is 0. The minimum absolute atomic E-state index is 0.168. The van der Waals surface area contributed by atoms with Crippen molar-refractivity contribution in [2.45, 2.75) is 20.0 Å². The lowest BCUT2D eigenvalue weighted by Crippen LogP contribution is -2.33. The third kappa shape index (κ3) is 5.22. The molecule has 0 saturated heterocycles. The Hall–Kier alpha value is -3.61. The van der Waals surface area contributed by atoms with Crippen LogP contribution in [0, 0.1) is 0 Å². The molecule has 3 aromatic rings. The van der Waals surface area contributed by atoms with Crippen LogP contribution in [-0.2, 0) is 17.9 Å². The van der Waals surface area contributed by atoms with Crippen molar-refractivity contribution in [2.75, 3.05) is 13.7 Å². The van der Waals surface area contributed by atoms with E-state index in [0.717, 1.165) is 21.6 Å². The van der Waals surface area contributed by atoms with E-state index in [1.165, 1.54) is 6.07 Å². The fraction of sp³-hybridized carbons (Fsp3) is 0.227. The van der Waals surface area contributed by atoms with Crippen LogP contribution in [0.5, 0.6) is 11.5 Å². The van der Waals surface area contributed by atoms with Gasteiger partial charge in [0.05, 0.1) is 19.4 Å². The van der Waals surface area contributed by atoms with Gasteiger partial charge in [-0.1, -0.05) is 18.2 Å². The van der Waals surface area contributed by atoms with Crippen molar-refractivity contribution in [1.82, 2.24) is 15.1 Å². The molecule has 0 saturated carbocycles. The summed E-state index contributed by atoms with van der Waals surface area (Å²) < 4.78 is 11.9. The van der Waals surface area contributed by atoms with Gasteiger partial charge in [-0.15, -0.1) is 0 Å². The molecule has 0 unspecified atom stereocenters. The third-order valence-corrected chi connectivity index (χ3v) is 4.29. The molecule has 0 fully saturated rings. The minimum atomic E-state index is -0.341. The number of aromatic nitrogens is 2.